The standard InChI is InChI=1S/C14H19NO/c1-10(11-5-3-2-4-6-11)15-9-12-7-8-13(15)14(12)16/h2-6,10,12-14,16H,7-9H2,1H3/t10?,12-,13-,14-/m0/s1. The van der Waals surface area contributed by atoms with E-state index in [1.165, 1.54) is 18.4 Å². The normalized spacial score (nSPS) is 35.5. The lowest BCUT2D eigenvalue weighted by atomic mass is 10.0. The van der Waals surface area contributed by atoms with Crippen LogP contribution in [0.5, 0.6) is 0 Å². The summed E-state index contributed by atoms with van der Waals surface area (Å²) in [6, 6.07) is 11.5. The van der Waals surface area contributed by atoms with Crippen LogP contribution < -0.4 is 0 Å². The Balaban J connectivity index is 1.80. The summed E-state index contributed by atoms with van der Waals surface area (Å²) in [5.41, 5.74) is 1.36. The number of piperidine rings is 1. The summed E-state index contributed by atoms with van der Waals surface area (Å²) in [6.07, 6.45) is 2.30. The number of nitrogens with zero attached hydrogens (tertiary/aromatic N) is 1. The van der Waals surface area contributed by atoms with Gasteiger partial charge in [0.25, 0.3) is 0 Å². The van der Waals surface area contributed by atoms with Crippen LogP contribution in [0.15, 0.2) is 30.3 Å². The molecule has 2 bridgehead atoms. The minimum atomic E-state index is -0.0776. The van der Waals surface area contributed by atoms with Gasteiger partial charge in [0.2, 0.25) is 0 Å². The molecule has 2 fully saturated rings. The Labute approximate surface area is 96.9 Å². The second-order valence-electron chi connectivity index (χ2n) is 5.18. The zero-order valence-electron chi connectivity index (χ0n) is 9.71. The minimum Gasteiger partial charge on any atom is -0.391 e. The highest BCUT2D eigenvalue weighted by molar-refractivity contribution is 5.19. The van der Waals surface area contributed by atoms with Gasteiger partial charge < -0.3 is 5.11 Å². The summed E-state index contributed by atoms with van der Waals surface area (Å²) in [6.45, 7) is 3.32. The number of likely N-dealkylation sites (tertiary alicyclic amines) is 1. The van der Waals surface area contributed by atoms with Gasteiger partial charge in [-0.3, -0.25) is 4.90 Å². The van der Waals surface area contributed by atoms with Crippen molar-refractivity contribution in [3.05, 3.63) is 35.9 Å². The Morgan fingerprint density at radius 2 is 2.00 bits per heavy atom. The monoisotopic (exact) mass is 217 g/mol. The first-order valence-electron chi connectivity index (χ1n) is 6.26. The number of hydrogen-bond acceptors (Lipinski definition) is 2. The lowest BCUT2D eigenvalue weighted by molar-refractivity contribution is 0.105. The fourth-order valence-electron chi connectivity index (χ4n) is 3.38. The average Bonchev–Trinajstić information content (AvgIpc) is 2.85. The zero-order chi connectivity index (χ0) is 11.1. The molecule has 1 saturated heterocycles. The van der Waals surface area contributed by atoms with Crippen LogP contribution in [0.1, 0.15) is 31.4 Å². The quantitative estimate of drug-likeness (QED) is 0.821. The Bertz CT molecular complexity index is 364. The Morgan fingerprint density at radius 1 is 1.25 bits per heavy atom. The van der Waals surface area contributed by atoms with Crippen LogP contribution in [0.25, 0.3) is 0 Å². The molecule has 0 amide bonds. The number of benzene rings is 1. The first-order chi connectivity index (χ1) is 7.77. The molecule has 0 aromatic heterocycles. The second-order valence-corrected chi connectivity index (χ2v) is 5.18. The summed E-state index contributed by atoms with van der Waals surface area (Å²) >= 11 is 0. The van der Waals surface area contributed by atoms with Crippen LogP contribution in [0, 0.1) is 5.92 Å². The SMILES string of the molecule is CC(c1ccccc1)N1C[C@@H]2CC[C@H]1[C@H]2O. The van der Waals surface area contributed by atoms with Gasteiger partial charge in [0.05, 0.1) is 6.10 Å². The van der Waals surface area contributed by atoms with Gasteiger partial charge in [0, 0.05) is 18.6 Å². The van der Waals surface area contributed by atoms with E-state index in [1.807, 2.05) is 0 Å². The summed E-state index contributed by atoms with van der Waals surface area (Å²) in [7, 11) is 0. The van der Waals surface area contributed by atoms with Crippen molar-refractivity contribution in [3.8, 4) is 0 Å². The molecule has 1 N–H and O–H groups in total. The minimum absolute atomic E-state index is 0.0776. The molecule has 16 heavy (non-hydrogen) atoms. The maximum Gasteiger partial charge on any atom is 0.0735 e. The van der Waals surface area contributed by atoms with E-state index in [0.29, 0.717) is 18.0 Å². The average molecular weight is 217 g/mol. The van der Waals surface area contributed by atoms with Crippen LogP contribution in [0.2, 0.25) is 0 Å². The fraction of sp³-hybridized carbons (Fsp3) is 0.571. The van der Waals surface area contributed by atoms with Crippen molar-refractivity contribution < 1.29 is 5.11 Å². The van der Waals surface area contributed by atoms with Gasteiger partial charge in [-0.25, -0.2) is 0 Å². The molecule has 2 aliphatic rings. The molecule has 0 spiro atoms. The fourth-order valence-corrected chi connectivity index (χ4v) is 3.38. The van der Waals surface area contributed by atoms with Crippen molar-refractivity contribution in [2.24, 2.45) is 5.92 Å². The molecule has 1 aromatic carbocycles. The van der Waals surface area contributed by atoms with Crippen molar-refractivity contribution in [2.45, 2.75) is 38.0 Å². The van der Waals surface area contributed by atoms with Crippen molar-refractivity contribution in [1.29, 1.82) is 0 Å². The molecular formula is C14H19NO. The van der Waals surface area contributed by atoms with E-state index < -0.39 is 0 Å². The lowest BCUT2D eigenvalue weighted by Gasteiger charge is -2.32. The highest BCUT2D eigenvalue weighted by atomic mass is 16.3. The van der Waals surface area contributed by atoms with Gasteiger partial charge >= 0.3 is 0 Å². The molecule has 1 saturated carbocycles. The van der Waals surface area contributed by atoms with Gasteiger partial charge in [-0.15, -0.1) is 0 Å². The summed E-state index contributed by atoms with van der Waals surface area (Å²) in [5, 5.41) is 10.1. The Morgan fingerprint density at radius 3 is 2.56 bits per heavy atom. The highest BCUT2D eigenvalue weighted by Gasteiger charge is 2.47. The first-order valence-corrected chi connectivity index (χ1v) is 6.26. The van der Waals surface area contributed by atoms with Gasteiger partial charge in [-0.1, -0.05) is 30.3 Å². The van der Waals surface area contributed by atoms with Gasteiger partial charge in [-0.05, 0) is 31.2 Å². The first kappa shape index (κ1) is 10.3. The molecule has 2 heteroatoms. The molecule has 2 nitrogen and oxygen atoms in total. The van der Waals surface area contributed by atoms with Crippen LogP contribution in [0.4, 0.5) is 0 Å². The number of rotatable bonds is 2. The highest BCUT2D eigenvalue weighted by Crippen LogP contribution is 2.42. The van der Waals surface area contributed by atoms with Gasteiger partial charge in [-0.2, -0.15) is 0 Å². The zero-order valence-corrected chi connectivity index (χ0v) is 9.71. The molecule has 1 heterocycles. The third kappa shape index (κ3) is 1.48. The molecule has 4 atom stereocenters. The molecule has 1 aliphatic carbocycles. The topological polar surface area (TPSA) is 23.5 Å². The Hall–Kier alpha value is -0.860. The summed E-state index contributed by atoms with van der Waals surface area (Å²) in [5.74, 6) is 0.524. The van der Waals surface area contributed by atoms with Crippen LogP contribution >= 0.6 is 0 Å². The predicted molar refractivity (Wildman–Crippen MR) is 64.1 cm³/mol. The summed E-state index contributed by atoms with van der Waals surface area (Å²) in [4.78, 5) is 2.48. The van der Waals surface area contributed by atoms with Crippen LogP contribution in [-0.2, 0) is 0 Å². The number of aliphatic hydroxyl groups excluding tert-OH is 1. The smallest absolute Gasteiger partial charge is 0.0735 e. The summed E-state index contributed by atoms with van der Waals surface area (Å²) < 4.78 is 0. The number of hydrogen-bond donors (Lipinski definition) is 1. The van der Waals surface area contributed by atoms with Gasteiger partial charge in [0.1, 0.15) is 0 Å². The molecular weight excluding hydrogens is 198 g/mol. The van der Waals surface area contributed by atoms with Crippen molar-refractivity contribution in [2.75, 3.05) is 6.54 Å². The molecule has 1 unspecified atom stereocenters. The molecule has 1 aliphatic heterocycles. The molecule has 0 radical (unpaired) electrons. The van der Waals surface area contributed by atoms with E-state index in [1.54, 1.807) is 0 Å². The van der Waals surface area contributed by atoms with Crippen LogP contribution in [-0.4, -0.2) is 28.7 Å². The van der Waals surface area contributed by atoms with Crippen molar-refractivity contribution in [1.82, 2.24) is 4.90 Å². The third-order valence-corrected chi connectivity index (χ3v) is 4.36. The van der Waals surface area contributed by atoms with E-state index in [0.717, 1.165) is 6.54 Å². The lowest BCUT2D eigenvalue weighted by Crippen LogP contribution is -2.36. The van der Waals surface area contributed by atoms with E-state index in [2.05, 4.69) is 42.2 Å². The largest absolute Gasteiger partial charge is 0.391 e. The van der Waals surface area contributed by atoms with Gasteiger partial charge in [0.15, 0.2) is 0 Å². The molecule has 86 valence electrons. The second kappa shape index (κ2) is 3.86. The van der Waals surface area contributed by atoms with Crippen molar-refractivity contribution in [3.63, 3.8) is 0 Å². The maximum atomic E-state index is 10.1. The number of fused-ring (bicyclic) bond motifs is 2. The molecule has 1 aromatic rings. The molecule has 3 rings (SSSR count). The van der Waals surface area contributed by atoms with E-state index in [9.17, 15) is 5.11 Å². The van der Waals surface area contributed by atoms with E-state index >= 15 is 0 Å². The number of aliphatic hydroxyl groups is 1. The van der Waals surface area contributed by atoms with E-state index in [-0.39, 0.29) is 6.10 Å². The van der Waals surface area contributed by atoms with Crippen LogP contribution in [0.3, 0.4) is 0 Å². The third-order valence-electron chi connectivity index (χ3n) is 4.36. The van der Waals surface area contributed by atoms with Crippen molar-refractivity contribution >= 4 is 0 Å². The maximum absolute atomic E-state index is 10.1. The predicted octanol–water partition coefficient (Wildman–Crippen LogP) is 2.20. The van der Waals surface area contributed by atoms with E-state index in [4.69, 9.17) is 0 Å². The Kier molecular flexibility index (Phi) is 2.49.